The molecule has 0 unspecified atom stereocenters. The first-order valence-corrected chi connectivity index (χ1v) is 24.0. The molecule has 1 fully saturated rings. The zero-order chi connectivity index (χ0) is 51.4. The van der Waals surface area contributed by atoms with Gasteiger partial charge in [0, 0.05) is 48.9 Å². The second kappa shape index (κ2) is 28.4. The van der Waals surface area contributed by atoms with E-state index < -0.39 is 126 Å². The summed E-state index contributed by atoms with van der Waals surface area (Å²) in [6, 6.07) is -9.18. The van der Waals surface area contributed by atoms with Crippen LogP contribution < -0.4 is 48.7 Å². The number of likely N-dealkylation sites (tertiary alicyclic amines) is 1. The first kappa shape index (κ1) is 57.2. The van der Waals surface area contributed by atoms with Gasteiger partial charge in [-0.2, -0.15) is 12.6 Å². The molecule has 1 aliphatic heterocycles. The Morgan fingerprint density at radius 3 is 1.83 bits per heavy atom. The molecule has 1 saturated heterocycles. The summed E-state index contributed by atoms with van der Waals surface area (Å²) in [5.41, 5.74) is 12.7. The molecule has 1 aliphatic rings. The van der Waals surface area contributed by atoms with Crippen molar-refractivity contribution in [1.82, 2.24) is 62.1 Å². The van der Waals surface area contributed by atoms with Gasteiger partial charge in [0.15, 0.2) is 0 Å². The van der Waals surface area contributed by atoms with Crippen molar-refractivity contribution in [1.29, 1.82) is 0 Å². The number of unbranched alkanes of at least 4 members (excludes halogenated alkanes) is 1. The van der Waals surface area contributed by atoms with Crippen LogP contribution in [0.5, 0.6) is 0 Å². The highest BCUT2D eigenvalue weighted by atomic mass is 32.1. The average Bonchev–Trinajstić information content (AvgIpc) is 4.13. The molecule has 3 rings (SSSR count). The highest BCUT2D eigenvalue weighted by Gasteiger charge is 2.38. The number of aliphatic carboxylic acids is 1. The minimum atomic E-state index is -1.33. The molecular formula is C44H72N14O10S. The molecule has 69 heavy (non-hydrogen) atoms. The number of carbonyl (C=O) groups excluding carboxylic acids is 8. The van der Waals surface area contributed by atoms with Crippen molar-refractivity contribution in [3.05, 3.63) is 36.4 Å². The first-order chi connectivity index (χ1) is 32.7. The van der Waals surface area contributed by atoms with Crippen LogP contribution in [0.3, 0.4) is 0 Å². The van der Waals surface area contributed by atoms with E-state index in [0.717, 1.165) is 0 Å². The van der Waals surface area contributed by atoms with Crippen molar-refractivity contribution >= 4 is 65.9 Å². The number of nitrogens with one attached hydrogen (secondary N) is 9. The van der Waals surface area contributed by atoms with Crippen LogP contribution in [0.15, 0.2) is 25.0 Å². The number of carboxylic acid groups (broad SMARTS) is 1. The van der Waals surface area contributed by atoms with E-state index in [1.807, 2.05) is 0 Å². The van der Waals surface area contributed by atoms with Gasteiger partial charge in [-0.15, -0.1) is 0 Å². The second-order valence-electron chi connectivity index (χ2n) is 18.0. The van der Waals surface area contributed by atoms with Gasteiger partial charge in [0.25, 0.3) is 0 Å². The van der Waals surface area contributed by atoms with Gasteiger partial charge in [0.2, 0.25) is 47.3 Å². The molecule has 14 N–H and O–H groups in total. The van der Waals surface area contributed by atoms with Crippen molar-refractivity contribution in [2.75, 3.05) is 25.4 Å². The fourth-order valence-electron chi connectivity index (χ4n) is 7.54. The Hall–Kier alpha value is -6.08. The number of imidazole rings is 2. The molecule has 8 amide bonds. The van der Waals surface area contributed by atoms with Crippen LogP contribution in [0.1, 0.15) is 91.5 Å². The van der Waals surface area contributed by atoms with Crippen molar-refractivity contribution < 1.29 is 48.3 Å². The Morgan fingerprint density at radius 1 is 0.739 bits per heavy atom. The first-order valence-electron chi connectivity index (χ1n) is 23.4. The number of aromatic nitrogens is 4. The summed E-state index contributed by atoms with van der Waals surface area (Å²) in [5, 5.41) is 28.1. The van der Waals surface area contributed by atoms with Gasteiger partial charge in [-0.25, -0.2) is 14.8 Å². The average molecular weight is 989 g/mol. The predicted octanol–water partition coefficient (Wildman–Crippen LogP) is -2.24. The minimum Gasteiger partial charge on any atom is -0.480 e. The largest absolute Gasteiger partial charge is 0.480 e. The van der Waals surface area contributed by atoms with Crippen LogP contribution in [0.2, 0.25) is 0 Å². The van der Waals surface area contributed by atoms with E-state index >= 15 is 0 Å². The summed E-state index contributed by atoms with van der Waals surface area (Å²) in [6.45, 7) is 10.4. The lowest BCUT2D eigenvalue weighted by atomic mass is 9.97. The van der Waals surface area contributed by atoms with Crippen LogP contribution in [-0.4, -0.2) is 157 Å². The van der Waals surface area contributed by atoms with Crippen molar-refractivity contribution in [3.8, 4) is 0 Å². The van der Waals surface area contributed by atoms with Crippen molar-refractivity contribution in [2.24, 2.45) is 29.2 Å². The van der Waals surface area contributed by atoms with Crippen LogP contribution in [-0.2, 0) is 56.0 Å². The molecule has 0 radical (unpaired) electrons. The third-order valence-electron chi connectivity index (χ3n) is 11.9. The number of nitrogens with two attached hydrogens (primary N) is 2. The number of carbonyl (C=O) groups is 9. The molecule has 0 saturated carbocycles. The SMILES string of the molecule is CC[C@H](C)[C@H](NC(=O)[C@H](Cc1cnc[nH]1)NC(=O)[C@H](CS)NC(=O)[C@@H](NC(=O)[C@@H](NC(=O)[C@@H](N)Cc1cnc[nH]1)C(C)C)C(C)C)C(=O)NCC(=O)N1CCC[C@H]1C(=O)N[C@@H](CCCCN)C(=O)O. The molecule has 24 nitrogen and oxygen atoms in total. The number of carboxylic acids is 1. The third-order valence-corrected chi connectivity index (χ3v) is 12.3. The number of amides is 8. The zero-order valence-electron chi connectivity index (χ0n) is 40.2. The maximum absolute atomic E-state index is 14.1. The molecule has 0 spiro atoms. The van der Waals surface area contributed by atoms with Crippen LogP contribution >= 0.6 is 12.6 Å². The van der Waals surface area contributed by atoms with E-state index in [9.17, 15) is 48.3 Å². The molecule has 2 aromatic heterocycles. The van der Waals surface area contributed by atoms with Crippen LogP contribution in [0.25, 0.3) is 0 Å². The van der Waals surface area contributed by atoms with Gasteiger partial charge in [-0.1, -0.05) is 48.0 Å². The Balaban J connectivity index is 1.70. The van der Waals surface area contributed by atoms with Gasteiger partial charge in [0.05, 0.1) is 25.2 Å². The van der Waals surface area contributed by atoms with Gasteiger partial charge in [-0.05, 0) is 56.4 Å². The van der Waals surface area contributed by atoms with E-state index in [2.05, 4.69) is 69.8 Å². The third kappa shape index (κ3) is 17.7. The lowest BCUT2D eigenvalue weighted by molar-refractivity contribution is -0.144. The number of H-pyrrole nitrogens is 2. The summed E-state index contributed by atoms with van der Waals surface area (Å²) in [7, 11) is 0. The molecule has 2 aromatic rings. The molecule has 0 bridgehead atoms. The fourth-order valence-corrected chi connectivity index (χ4v) is 7.80. The number of thiol groups is 1. The molecule has 0 aliphatic carbocycles. The predicted molar refractivity (Wildman–Crippen MR) is 255 cm³/mol. The van der Waals surface area contributed by atoms with Crippen molar-refractivity contribution in [3.63, 3.8) is 0 Å². The monoisotopic (exact) mass is 989 g/mol. The zero-order valence-corrected chi connectivity index (χ0v) is 41.1. The number of hydrogen-bond acceptors (Lipinski definition) is 14. The minimum absolute atomic E-state index is 0.120. The highest BCUT2D eigenvalue weighted by molar-refractivity contribution is 7.80. The van der Waals surface area contributed by atoms with E-state index in [1.54, 1.807) is 41.5 Å². The fraction of sp³-hybridized carbons (Fsp3) is 0.659. The molecular weight excluding hydrogens is 917 g/mol. The molecule has 0 aromatic carbocycles. The normalized spacial score (nSPS) is 17.0. The lowest BCUT2D eigenvalue weighted by Gasteiger charge is -2.29. The number of aromatic amines is 2. The molecule has 9 atom stereocenters. The van der Waals surface area contributed by atoms with E-state index in [0.29, 0.717) is 50.0 Å². The van der Waals surface area contributed by atoms with Gasteiger partial charge >= 0.3 is 5.97 Å². The van der Waals surface area contributed by atoms with E-state index in [1.165, 1.54) is 29.9 Å². The topological polar surface area (TPSA) is 371 Å². The van der Waals surface area contributed by atoms with E-state index in [4.69, 9.17) is 11.5 Å². The van der Waals surface area contributed by atoms with E-state index in [-0.39, 0.29) is 31.6 Å². The second-order valence-corrected chi connectivity index (χ2v) is 18.3. The summed E-state index contributed by atoms with van der Waals surface area (Å²) < 4.78 is 0. The summed E-state index contributed by atoms with van der Waals surface area (Å²) in [6.07, 6.45) is 8.27. The van der Waals surface area contributed by atoms with Gasteiger partial charge < -0.3 is 68.7 Å². The number of nitrogens with zero attached hydrogens (tertiary/aromatic N) is 3. The lowest BCUT2D eigenvalue weighted by Crippen LogP contribution is -2.62. The molecule has 25 heteroatoms. The maximum Gasteiger partial charge on any atom is 0.326 e. The van der Waals surface area contributed by atoms with Gasteiger partial charge in [0.1, 0.15) is 42.3 Å². The smallest absolute Gasteiger partial charge is 0.326 e. The quantitative estimate of drug-likeness (QED) is 0.0303. The number of rotatable bonds is 29. The standard InChI is InChI=1S/C44H72N14O10S/c1-7-25(6)36(41(64)49-19-33(59)58-14-10-12-32(58)40(63)52-29(44(67)68)11-8-9-13-45)57-38(61)30(16-27-18-48-22-51-27)53-39(62)31(20-69)54-42(65)34(23(2)3)56-43(66)35(24(4)5)55-37(60)28(46)15-26-17-47-21-50-26/h17-18,21-25,28-32,34-36,69H,7-16,19-20,45-46H2,1-6H3,(H,47,50)(H,48,51)(H,49,64)(H,52,63)(H,53,62)(H,54,65)(H,55,60)(H,56,66)(H,57,61)(H,67,68)/t25-,28-,29-,30-,31-,32-,34-,35-,36-/m0/s1. The molecule has 384 valence electrons. The Kier molecular flexibility index (Phi) is 23.6. The number of hydrogen-bond donors (Lipinski definition) is 13. The van der Waals surface area contributed by atoms with Gasteiger partial charge in [-0.3, -0.25) is 38.4 Å². The van der Waals surface area contributed by atoms with Crippen LogP contribution in [0.4, 0.5) is 0 Å². The van der Waals surface area contributed by atoms with Crippen molar-refractivity contribution in [2.45, 2.75) is 141 Å². The Labute approximate surface area is 407 Å². The Morgan fingerprint density at radius 2 is 1.29 bits per heavy atom. The summed E-state index contributed by atoms with van der Waals surface area (Å²) in [4.78, 5) is 135. The maximum atomic E-state index is 14.1. The molecule has 3 heterocycles. The summed E-state index contributed by atoms with van der Waals surface area (Å²) >= 11 is 4.30. The van der Waals surface area contributed by atoms with Crippen LogP contribution in [0, 0.1) is 17.8 Å². The highest BCUT2D eigenvalue weighted by Crippen LogP contribution is 2.19. The Bertz CT molecular complexity index is 2020. The summed E-state index contributed by atoms with van der Waals surface area (Å²) in [5.74, 6) is -8.28.